The highest BCUT2D eigenvalue weighted by Gasteiger charge is 2.15. The number of hydrogen-bond donors (Lipinski definition) is 3. The third-order valence-electron chi connectivity index (χ3n) is 3.59. The first-order chi connectivity index (χ1) is 11.1. The normalized spacial score (nSPS) is 14.7. The number of hydrogen-bond acceptors (Lipinski definition) is 3. The number of amides is 1. The topological polar surface area (TPSA) is 62.4 Å². The highest BCUT2D eigenvalue weighted by molar-refractivity contribution is 7.80. The Kier molecular flexibility index (Phi) is 6.34. The number of methoxy groups -OCH3 is 1. The van der Waals surface area contributed by atoms with E-state index < -0.39 is 5.82 Å². The molecule has 2 rings (SSSR count). The first-order valence-electron chi connectivity index (χ1n) is 7.46. The zero-order chi connectivity index (χ0) is 16.7. The zero-order valence-electron chi connectivity index (χ0n) is 12.9. The van der Waals surface area contributed by atoms with Crippen LogP contribution in [-0.4, -0.2) is 24.2 Å². The maximum Gasteiger partial charge on any atom is 0.262 e. The van der Waals surface area contributed by atoms with Crippen molar-refractivity contribution in [2.45, 2.75) is 31.7 Å². The second kappa shape index (κ2) is 8.47. The molecule has 3 N–H and O–H groups in total. The lowest BCUT2D eigenvalue weighted by atomic mass is 10.2. The maximum atomic E-state index is 13.5. The van der Waals surface area contributed by atoms with Gasteiger partial charge in [-0.1, -0.05) is 18.9 Å². The predicted octanol–water partition coefficient (Wildman–Crippen LogP) is 2.29. The van der Waals surface area contributed by atoms with Crippen LogP contribution < -0.4 is 20.9 Å². The number of carbonyl (C=O) groups excluding carboxylic acids is 1. The summed E-state index contributed by atoms with van der Waals surface area (Å²) in [5.41, 5.74) is 5.68. The van der Waals surface area contributed by atoms with Crippen LogP contribution in [0.4, 0.5) is 4.39 Å². The fourth-order valence-electron chi connectivity index (χ4n) is 2.41. The van der Waals surface area contributed by atoms with Crippen molar-refractivity contribution in [1.29, 1.82) is 0 Å². The van der Waals surface area contributed by atoms with Gasteiger partial charge in [-0.05, 0) is 48.8 Å². The van der Waals surface area contributed by atoms with E-state index in [0.29, 0.717) is 16.7 Å². The predicted molar refractivity (Wildman–Crippen MR) is 91.3 cm³/mol. The summed E-state index contributed by atoms with van der Waals surface area (Å²) in [5.74, 6) is -0.691. The average molecular weight is 337 g/mol. The summed E-state index contributed by atoms with van der Waals surface area (Å²) in [4.78, 5) is 11.7. The van der Waals surface area contributed by atoms with Crippen LogP contribution in [0.5, 0.6) is 5.75 Å². The van der Waals surface area contributed by atoms with Gasteiger partial charge >= 0.3 is 0 Å². The van der Waals surface area contributed by atoms with Gasteiger partial charge in [-0.2, -0.15) is 0 Å². The lowest BCUT2D eigenvalue weighted by Gasteiger charge is -2.15. The van der Waals surface area contributed by atoms with Crippen molar-refractivity contribution in [3.8, 4) is 5.75 Å². The van der Waals surface area contributed by atoms with Gasteiger partial charge in [0.05, 0.1) is 7.11 Å². The largest absolute Gasteiger partial charge is 0.494 e. The highest BCUT2D eigenvalue weighted by Crippen LogP contribution is 2.18. The molecular weight excluding hydrogens is 317 g/mol. The minimum Gasteiger partial charge on any atom is -0.494 e. The molecule has 1 aliphatic carbocycles. The molecule has 1 aromatic rings. The quantitative estimate of drug-likeness (QED) is 0.447. The summed E-state index contributed by atoms with van der Waals surface area (Å²) in [5, 5.41) is 3.54. The lowest BCUT2D eigenvalue weighted by Crippen LogP contribution is -2.48. The third-order valence-corrected chi connectivity index (χ3v) is 3.81. The van der Waals surface area contributed by atoms with Crippen molar-refractivity contribution in [2.24, 2.45) is 0 Å². The van der Waals surface area contributed by atoms with Gasteiger partial charge in [0.25, 0.3) is 5.91 Å². The van der Waals surface area contributed by atoms with Gasteiger partial charge in [-0.25, -0.2) is 4.39 Å². The molecule has 1 aromatic carbocycles. The fourth-order valence-corrected chi connectivity index (χ4v) is 2.63. The molecule has 0 spiro atoms. The average Bonchev–Trinajstić information content (AvgIpc) is 3.04. The zero-order valence-corrected chi connectivity index (χ0v) is 13.7. The van der Waals surface area contributed by atoms with Crippen molar-refractivity contribution in [3.05, 3.63) is 35.7 Å². The van der Waals surface area contributed by atoms with E-state index in [9.17, 15) is 9.18 Å². The summed E-state index contributed by atoms with van der Waals surface area (Å²) in [6, 6.07) is 4.84. The fraction of sp³-hybridized carbons (Fsp3) is 0.375. The number of nitrogens with one attached hydrogen (secondary N) is 3. The Morgan fingerprint density at radius 2 is 2.09 bits per heavy atom. The van der Waals surface area contributed by atoms with Gasteiger partial charge in [0, 0.05) is 12.1 Å². The third kappa shape index (κ3) is 5.52. The minimum absolute atomic E-state index is 0.164. The Balaban J connectivity index is 1.77. The van der Waals surface area contributed by atoms with Crippen molar-refractivity contribution in [2.75, 3.05) is 7.11 Å². The van der Waals surface area contributed by atoms with Crippen LogP contribution in [0.25, 0.3) is 6.08 Å². The molecule has 0 atom stereocenters. The number of ether oxygens (including phenoxy) is 1. The first kappa shape index (κ1) is 17.2. The Morgan fingerprint density at radius 1 is 1.35 bits per heavy atom. The van der Waals surface area contributed by atoms with E-state index in [4.69, 9.17) is 17.0 Å². The van der Waals surface area contributed by atoms with Gasteiger partial charge in [0.1, 0.15) is 0 Å². The molecule has 124 valence electrons. The molecule has 0 unspecified atom stereocenters. The minimum atomic E-state index is -0.477. The van der Waals surface area contributed by atoms with E-state index in [2.05, 4.69) is 16.2 Å². The molecule has 0 radical (unpaired) electrons. The van der Waals surface area contributed by atoms with E-state index in [1.54, 1.807) is 6.07 Å². The van der Waals surface area contributed by atoms with Crippen molar-refractivity contribution in [1.82, 2.24) is 16.2 Å². The van der Waals surface area contributed by atoms with E-state index >= 15 is 0 Å². The SMILES string of the molecule is COc1ccc(/C=C/C(=O)NNC(=S)NC2CCCC2)cc1F. The molecule has 0 aliphatic heterocycles. The van der Waals surface area contributed by atoms with Crippen LogP contribution in [0, 0.1) is 5.82 Å². The van der Waals surface area contributed by atoms with Gasteiger partial charge in [0.15, 0.2) is 16.7 Å². The van der Waals surface area contributed by atoms with E-state index in [0.717, 1.165) is 12.8 Å². The van der Waals surface area contributed by atoms with E-state index in [1.165, 1.54) is 44.2 Å². The summed E-state index contributed by atoms with van der Waals surface area (Å²) >= 11 is 5.11. The van der Waals surface area contributed by atoms with E-state index in [1.807, 2.05) is 0 Å². The number of halogens is 1. The Morgan fingerprint density at radius 3 is 2.74 bits per heavy atom. The van der Waals surface area contributed by atoms with Crippen LogP contribution in [0.1, 0.15) is 31.2 Å². The molecule has 5 nitrogen and oxygen atoms in total. The summed E-state index contributed by atoms with van der Waals surface area (Å²) in [6.45, 7) is 0. The smallest absolute Gasteiger partial charge is 0.262 e. The van der Waals surface area contributed by atoms with Crippen molar-refractivity contribution >= 4 is 29.3 Å². The Bertz CT molecular complexity index is 601. The first-order valence-corrected chi connectivity index (χ1v) is 7.87. The Labute approximate surface area is 140 Å². The summed E-state index contributed by atoms with van der Waals surface area (Å²) < 4.78 is 18.4. The van der Waals surface area contributed by atoms with Gasteiger partial charge < -0.3 is 10.1 Å². The molecule has 1 amide bonds. The molecule has 23 heavy (non-hydrogen) atoms. The monoisotopic (exact) mass is 337 g/mol. The summed E-state index contributed by atoms with van der Waals surface area (Å²) in [7, 11) is 1.40. The molecular formula is C16H20FN3O2S. The number of thiocarbonyl (C=S) groups is 1. The maximum absolute atomic E-state index is 13.5. The van der Waals surface area contributed by atoms with Crippen LogP contribution in [-0.2, 0) is 4.79 Å². The molecule has 1 aliphatic rings. The van der Waals surface area contributed by atoms with Crippen LogP contribution in [0.3, 0.4) is 0 Å². The van der Waals surface area contributed by atoms with Gasteiger partial charge in [-0.3, -0.25) is 15.6 Å². The van der Waals surface area contributed by atoms with E-state index in [-0.39, 0.29) is 11.7 Å². The molecule has 0 aromatic heterocycles. The van der Waals surface area contributed by atoms with Gasteiger partial charge in [0.2, 0.25) is 0 Å². The molecule has 1 fully saturated rings. The Hall–Kier alpha value is -2.15. The number of hydrazine groups is 1. The lowest BCUT2D eigenvalue weighted by molar-refractivity contribution is -0.116. The van der Waals surface area contributed by atoms with Crippen molar-refractivity contribution < 1.29 is 13.9 Å². The number of benzene rings is 1. The second-order valence-electron chi connectivity index (χ2n) is 5.30. The number of carbonyl (C=O) groups is 1. The molecule has 0 saturated heterocycles. The molecule has 7 heteroatoms. The number of rotatable bonds is 4. The summed E-state index contributed by atoms with van der Waals surface area (Å²) in [6.07, 6.45) is 7.40. The molecule has 0 bridgehead atoms. The van der Waals surface area contributed by atoms with Crippen LogP contribution in [0.15, 0.2) is 24.3 Å². The van der Waals surface area contributed by atoms with Gasteiger partial charge in [-0.15, -0.1) is 0 Å². The molecule has 0 heterocycles. The molecule has 1 saturated carbocycles. The second-order valence-corrected chi connectivity index (χ2v) is 5.70. The highest BCUT2D eigenvalue weighted by atomic mass is 32.1. The standard InChI is InChI=1S/C16H20FN3O2S/c1-22-14-8-6-11(10-13(14)17)7-9-15(21)19-20-16(23)18-12-4-2-3-5-12/h6-10,12H,2-5H2,1H3,(H,19,21)(H2,18,20,23)/b9-7+. The van der Waals surface area contributed by atoms with Crippen LogP contribution in [0.2, 0.25) is 0 Å². The van der Waals surface area contributed by atoms with Crippen molar-refractivity contribution in [3.63, 3.8) is 0 Å². The van der Waals surface area contributed by atoms with Crippen LogP contribution >= 0.6 is 12.2 Å².